The molecule has 1 aromatic heterocycles. The number of benzene rings is 2. The molecule has 0 saturated carbocycles. The van der Waals surface area contributed by atoms with Gasteiger partial charge in [0.1, 0.15) is 0 Å². The molecule has 0 saturated heterocycles. The lowest BCUT2D eigenvalue weighted by Crippen LogP contribution is -2.24. The van der Waals surface area contributed by atoms with Gasteiger partial charge in [0, 0.05) is 18.9 Å². The Balaban J connectivity index is 1.95. The topological polar surface area (TPSA) is 55.1 Å². The van der Waals surface area contributed by atoms with Crippen molar-refractivity contribution in [1.82, 2.24) is 9.55 Å². The number of hydrogen-bond donors (Lipinski definition) is 1. The molecule has 0 fully saturated rings. The van der Waals surface area contributed by atoms with E-state index >= 15 is 0 Å². The smallest absolute Gasteiger partial charge is 0.262 e. The largest absolute Gasteiger partial charge is 0.396 e. The number of thioether (sulfide) groups is 1. The fourth-order valence-corrected chi connectivity index (χ4v) is 3.50. The summed E-state index contributed by atoms with van der Waals surface area (Å²) in [4.78, 5) is 17.4. The lowest BCUT2D eigenvalue weighted by atomic mass is 10.2. The molecule has 0 aliphatic rings. The van der Waals surface area contributed by atoms with E-state index in [1.165, 1.54) is 11.1 Å². The Morgan fingerprint density at radius 1 is 1.12 bits per heavy atom. The summed E-state index contributed by atoms with van der Waals surface area (Å²) in [5, 5.41) is 10.4. The fourth-order valence-electron chi connectivity index (χ4n) is 2.52. The number of hydrogen-bond acceptors (Lipinski definition) is 4. The predicted molar refractivity (Wildman–Crippen MR) is 98.4 cm³/mol. The highest BCUT2D eigenvalue weighted by atomic mass is 32.2. The number of aliphatic hydroxyl groups excluding tert-OH is 1. The van der Waals surface area contributed by atoms with Gasteiger partial charge in [0.15, 0.2) is 5.16 Å². The van der Waals surface area contributed by atoms with Crippen LogP contribution in [0.4, 0.5) is 0 Å². The Morgan fingerprint density at radius 2 is 1.88 bits per heavy atom. The van der Waals surface area contributed by atoms with Gasteiger partial charge in [-0.3, -0.25) is 9.36 Å². The van der Waals surface area contributed by atoms with Gasteiger partial charge in [0.2, 0.25) is 0 Å². The third-order valence-corrected chi connectivity index (χ3v) is 4.90. The van der Waals surface area contributed by atoms with E-state index in [1.54, 1.807) is 22.4 Å². The molecule has 1 heterocycles. The highest BCUT2D eigenvalue weighted by molar-refractivity contribution is 7.98. The Hall–Kier alpha value is -2.11. The Labute approximate surface area is 145 Å². The van der Waals surface area contributed by atoms with E-state index in [4.69, 9.17) is 5.11 Å². The Kier molecular flexibility index (Phi) is 5.33. The summed E-state index contributed by atoms with van der Waals surface area (Å²) in [6.07, 6.45) is 0.540. The van der Waals surface area contributed by atoms with Gasteiger partial charge in [-0.2, -0.15) is 0 Å². The van der Waals surface area contributed by atoms with E-state index in [0.29, 0.717) is 29.0 Å². The number of aromatic nitrogens is 2. The second kappa shape index (κ2) is 7.64. The second-order valence-electron chi connectivity index (χ2n) is 5.72. The van der Waals surface area contributed by atoms with E-state index in [-0.39, 0.29) is 12.2 Å². The maximum atomic E-state index is 12.7. The predicted octanol–water partition coefficient (Wildman–Crippen LogP) is 3.38. The molecular formula is C19H20N2O2S. The first kappa shape index (κ1) is 16.7. The minimum Gasteiger partial charge on any atom is -0.396 e. The highest BCUT2D eigenvalue weighted by Gasteiger charge is 2.11. The number of aryl methyl sites for hydroxylation is 1. The normalized spacial score (nSPS) is 11.1. The third kappa shape index (κ3) is 3.68. The van der Waals surface area contributed by atoms with Gasteiger partial charge in [-0.25, -0.2) is 4.98 Å². The van der Waals surface area contributed by atoms with Crippen LogP contribution in [0.1, 0.15) is 17.5 Å². The van der Waals surface area contributed by atoms with Crippen LogP contribution in [0.3, 0.4) is 0 Å². The summed E-state index contributed by atoms with van der Waals surface area (Å²) in [6, 6.07) is 15.8. The zero-order chi connectivity index (χ0) is 16.9. The molecule has 1 N–H and O–H groups in total. The van der Waals surface area contributed by atoms with Crippen LogP contribution in [-0.4, -0.2) is 21.3 Å². The first-order chi connectivity index (χ1) is 11.7. The highest BCUT2D eigenvalue weighted by Crippen LogP contribution is 2.22. The molecule has 124 valence electrons. The van der Waals surface area contributed by atoms with Gasteiger partial charge in [-0.1, -0.05) is 53.7 Å². The van der Waals surface area contributed by atoms with Crippen molar-refractivity contribution in [2.45, 2.75) is 30.8 Å². The van der Waals surface area contributed by atoms with Crippen LogP contribution in [0.25, 0.3) is 10.9 Å². The van der Waals surface area contributed by atoms with Crippen molar-refractivity contribution in [1.29, 1.82) is 0 Å². The second-order valence-corrected chi connectivity index (χ2v) is 6.66. The maximum Gasteiger partial charge on any atom is 0.262 e. The molecule has 0 unspecified atom stereocenters. The van der Waals surface area contributed by atoms with E-state index in [0.717, 1.165) is 5.75 Å². The molecule has 0 radical (unpaired) electrons. The van der Waals surface area contributed by atoms with Gasteiger partial charge in [-0.05, 0) is 31.0 Å². The molecule has 0 amide bonds. The fraction of sp³-hybridized carbons (Fsp3) is 0.263. The zero-order valence-corrected chi connectivity index (χ0v) is 14.4. The van der Waals surface area contributed by atoms with Crippen molar-refractivity contribution < 1.29 is 5.11 Å². The van der Waals surface area contributed by atoms with Crippen LogP contribution in [0.5, 0.6) is 0 Å². The molecule has 4 nitrogen and oxygen atoms in total. The summed E-state index contributed by atoms with van der Waals surface area (Å²) in [5.74, 6) is 0.754. The summed E-state index contributed by atoms with van der Waals surface area (Å²) < 4.78 is 1.68. The van der Waals surface area contributed by atoms with Crippen LogP contribution >= 0.6 is 11.8 Å². The summed E-state index contributed by atoms with van der Waals surface area (Å²) in [5.41, 5.74) is 3.10. The summed E-state index contributed by atoms with van der Waals surface area (Å²) in [7, 11) is 0. The van der Waals surface area contributed by atoms with Gasteiger partial charge >= 0.3 is 0 Å². The van der Waals surface area contributed by atoms with Gasteiger partial charge in [0.05, 0.1) is 10.9 Å². The van der Waals surface area contributed by atoms with Crippen molar-refractivity contribution in [3.63, 3.8) is 0 Å². The maximum absolute atomic E-state index is 12.7. The molecule has 2 aromatic carbocycles. The van der Waals surface area contributed by atoms with Crippen LogP contribution in [0, 0.1) is 6.92 Å². The van der Waals surface area contributed by atoms with E-state index in [9.17, 15) is 4.79 Å². The minimum absolute atomic E-state index is 0.0412. The van der Waals surface area contributed by atoms with Crippen molar-refractivity contribution in [2.75, 3.05) is 6.61 Å². The lowest BCUT2D eigenvalue weighted by molar-refractivity contribution is 0.276. The van der Waals surface area contributed by atoms with E-state index < -0.39 is 0 Å². The SMILES string of the molecule is Cc1ccc(CSc2nc3ccccc3c(=O)n2CCCO)cc1. The first-order valence-corrected chi connectivity index (χ1v) is 8.96. The van der Waals surface area contributed by atoms with Crippen LogP contribution in [0.15, 0.2) is 58.5 Å². The van der Waals surface area contributed by atoms with Crippen LogP contribution < -0.4 is 5.56 Å². The molecule has 3 rings (SSSR count). The van der Waals surface area contributed by atoms with Crippen molar-refractivity contribution in [3.05, 3.63) is 70.0 Å². The summed E-state index contributed by atoms with van der Waals surface area (Å²) in [6.45, 7) is 2.60. The van der Waals surface area contributed by atoms with E-state index in [1.807, 2.05) is 18.2 Å². The number of aliphatic hydroxyl groups is 1. The van der Waals surface area contributed by atoms with Crippen molar-refractivity contribution in [3.8, 4) is 0 Å². The van der Waals surface area contributed by atoms with Crippen molar-refractivity contribution >= 4 is 22.7 Å². The van der Waals surface area contributed by atoms with Gasteiger partial charge in [0.25, 0.3) is 5.56 Å². The van der Waals surface area contributed by atoms with Crippen LogP contribution in [0.2, 0.25) is 0 Å². The standard InChI is InChI=1S/C19H20N2O2S/c1-14-7-9-15(10-8-14)13-24-19-20-17-6-3-2-5-16(17)18(23)21(19)11-4-12-22/h2-3,5-10,22H,4,11-13H2,1H3. The molecule has 0 aliphatic carbocycles. The molecule has 5 heteroatoms. The molecule has 3 aromatic rings. The summed E-state index contributed by atoms with van der Waals surface area (Å²) >= 11 is 1.56. The third-order valence-electron chi connectivity index (χ3n) is 3.85. The average Bonchev–Trinajstić information content (AvgIpc) is 2.61. The van der Waals surface area contributed by atoms with Gasteiger partial charge in [-0.15, -0.1) is 0 Å². The van der Waals surface area contributed by atoms with Gasteiger partial charge < -0.3 is 5.11 Å². The van der Waals surface area contributed by atoms with Crippen molar-refractivity contribution in [2.24, 2.45) is 0 Å². The zero-order valence-electron chi connectivity index (χ0n) is 13.6. The Morgan fingerprint density at radius 3 is 2.62 bits per heavy atom. The quantitative estimate of drug-likeness (QED) is 0.552. The number of fused-ring (bicyclic) bond motifs is 1. The minimum atomic E-state index is -0.0412. The monoisotopic (exact) mass is 340 g/mol. The first-order valence-electron chi connectivity index (χ1n) is 7.98. The average molecular weight is 340 g/mol. The molecule has 0 bridgehead atoms. The number of nitrogens with zero attached hydrogens (tertiary/aromatic N) is 2. The number of rotatable bonds is 6. The molecule has 0 atom stereocenters. The molecule has 24 heavy (non-hydrogen) atoms. The number of para-hydroxylation sites is 1. The molecular weight excluding hydrogens is 320 g/mol. The van der Waals surface area contributed by atoms with Crippen LogP contribution in [-0.2, 0) is 12.3 Å². The molecule has 0 spiro atoms. The Bertz CT molecular complexity index is 888. The molecule has 0 aliphatic heterocycles. The van der Waals surface area contributed by atoms with E-state index in [2.05, 4.69) is 36.2 Å². The lowest BCUT2D eigenvalue weighted by Gasteiger charge is -2.12.